The summed E-state index contributed by atoms with van der Waals surface area (Å²) in [6.45, 7) is 1.20. The first-order chi connectivity index (χ1) is 12.2. The Hall–Kier alpha value is -2.82. The van der Waals surface area contributed by atoms with Crippen LogP contribution in [0, 0.1) is 10.1 Å². The Balaban J connectivity index is 2.55. The highest BCUT2D eigenvalue weighted by molar-refractivity contribution is 7.99. The number of carboxylic acid groups (broad SMARTS) is 1. The molecule has 0 fully saturated rings. The van der Waals surface area contributed by atoms with E-state index in [9.17, 15) is 29.6 Å². The number of benzene rings is 1. The molecule has 0 aliphatic rings. The summed E-state index contributed by atoms with van der Waals surface area (Å²) in [6.07, 6.45) is -0.837. The van der Waals surface area contributed by atoms with E-state index in [0.717, 1.165) is 16.7 Å². The topological polar surface area (TPSA) is 139 Å². The first-order valence-corrected chi connectivity index (χ1v) is 8.55. The third-order valence-corrected chi connectivity index (χ3v) is 4.15. The number of nitrogens with zero attached hydrogens (tertiary/aromatic N) is 2. The molecule has 1 aromatic rings. The maximum Gasteiger partial charge on any atom is 0.410 e. The lowest BCUT2D eigenvalue weighted by molar-refractivity contribution is -0.384. The number of nitro benzene ring substituents is 1. The van der Waals surface area contributed by atoms with E-state index in [2.05, 4.69) is 5.32 Å². The maximum absolute atomic E-state index is 12.0. The van der Waals surface area contributed by atoms with E-state index < -0.39 is 23.0 Å². The molecule has 0 saturated heterocycles. The second-order valence-electron chi connectivity index (χ2n) is 5.19. The number of nitrogens with one attached hydrogen (secondary N) is 1. The number of carboxylic acids is 1. The van der Waals surface area contributed by atoms with Gasteiger partial charge in [-0.15, -0.1) is 11.8 Å². The predicted octanol–water partition coefficient (Wildman–Crippen LogP) is 1.44. The van der Waals surface area contributed by atoms with Crippen LogP contribution in [0.2, 0.25) is 0 Å². The average Bonchev–Trinajstić information content (AvgIpc) is 2.58. The van der Waals surface area contributed by atoms with Crippen LogP contribution in [0.15, 0.2) is 24.3 Å². The van der Waals surface area contributed by atoms with Gasteiger partial charge in [-0.2, -0.15) is 0 Å². The first-order valence-electron chi connectivity index (χ1n) is 7.40. The van der Waals surface area contributed by atoms with Crippen LogP contribution in [-0.4, -0.2) is 57.6 Å². The Labute approximate surface area is 153 Å². The molecular formula is C15H19N3O7S. The van der Waals surface area contributed by atoms with Crippen molar-refractivity contribution in [3.63, 3.8) is 0 Å². The lowest BCUT2D eigenvalue weighted by atomic mass is 10.2. The lowest BCUT2D eigenvalue weighted by Gasteiger charge is -2.24. The van der Waals surface area contributed by atoms with Crippen LogP contribution in [0.5, 0.6) is 0 Å². The number of non-ortho nitro benzene ring substituents is 1. The second kappa shape index (κ2) is 10.2. The van der Waals surface area contributed by atoms with Gasteiger partial charge in [0, 0.05) is 31.9 Å². The highest BCUT2D eigenvalue weighted by Crippen LogP contribution is 2.14. The molecule has 11 heteroatoms. The Bertz CT molecular complexity index is 666. The Morgan fingerprint density at radius 2 is 1.96 bits per heavy atom. The van der Waals surface area contributed by atoms with Gasteiger partial charge in [-0.25, -0.2) is 9.59 Å². The van der Waals surface area contributed by atoms with Crippen molar-refractivity contribution in [2.24, 2.45) is 0 Å². The Kier molecular flexibility index (Phi) is 8.35. The SMILES string of the molecule is CC(=O)NCSC[C@@H](C(=O)O)N(C)C(=O)OCc1ccc([N+](=O)[O-])cc1. The van der Waals surface area contributed by atoms with Crippen molar-refractivity contribution in [2.75, 3.05) is 18.7 Å². The third kappa shape index (κ3) is 6.97. The second-order valence-corrected chi connectivity index (χ2v) is 6.22. The van der Waals surface area contributed by atoms with E-state index in [1.165, 1.54) is 38.2 Å². The summed E-state index contributed by atoms with van der Waals surface area (Å²) in [5, 5.41) is 22.4. The van der Waals surface area contributed by atoms with Gasteiger partial charge in [-0.05, 0) is 17.7 Å². The normalized spacial score (nSPS) is 11.3. The largest absolute Gasteiger partial charge is 0.480 e. The van der Waals surface area contributed by atoms with E-state index in [-0.39, 0.29) is 29.8 Å². The molecule has 0 saturated carbocycles. The quantitative estimate of drug-likeness (QED) is 0.282. The van der Waals surface area contributed by atoms with E-state index in [1.807, 2.05) is 0 Å². The number of amides is 2. The fourth-order valence-corrected chi connectivity index (χ4v) is 2.77. The summed E-state index contributed by atoms with van der Waals surface area (Å²) in [6, 6.07) is 4.34. The molecule has 2 amide bonds. The molecule has 0 aliphatic heterocycles. The van der Waals surface area contributed by atoms with Crippen molar-refractivity contribution in [1.29, 1.82) is 0 Å². The van der Waals surface area contributed by atoms with Crippen molar-refractivity contribution in [3.8, 4) is 0 Å². The van der Waals surface area contributed by atoms with E-state index in [4.69, 9.17) is 4.74 Å². The van der Waals surface area contributed by atoms with Gasteiger partial charge in [-0.3, -0.25) is 19.8 Å². The van der Waals surface area contributed by atoms with Gasteiger partial charge in [0.25, 0.3) is 5.69 Å². The summed E-state index contributed by atoms with van der Waals surface area (Å²) in [4.78, 5) is 45.1. The highest BCUT2D eigenvalue weighted by atomic mass is 32.2. The van der Waals surface area contributed by atoms with Gasteiger partial charge in [0.05, 0.1) is 10.8 Å². The third-order valence-electron chi connectivity index (χ3n) is 3.25. The standard InChI is InChI=1S/C15H19N3O7S/c1-10(19)16-9-26-8-13(14(20)21)17(2)15(22)25-7-11-3-5-12(6-4-11)18(23)24/h3-6,13H,7-9H2,1-2H3,(H,16,19)(H,20,21)/t13-/m0/s1. The minimum absolute atomic E-state index is 0.0682. The van der Waals surface area contributed by atoms with Crippen LogP contribution in [0.25, 0.3) is 0 Å². The molecule has 0 radical (unpaired) electrons. The fourth-order valence-electron chi connectivity index (χ4n) is 1.76. The van der Waals surface area contributed by atoms with Crippen LogP contribution in [0.4, 0.5) is 10.5 Å². The molecule has 26 heavy (non-hydrogen) atoms. The summed E-state index contributed by atoms with van der Waals surface area (Å²) in [5.41, 5.74) is 0.448. The highest BCUT2D eigenvalue weighted by Gasteiger charge is 2.27. The number of ether oxygens (including phenoxy) is 1. The molecule has 10 nitrogen and oxygen atoms in total. The number of carbonyl (C=O) groups excluding carboxylic acids is 2. The summed E-state index contributed by atoms with van der Waals surface area (Å²) in [5.74, 6) is -1.14. The zero-order chi connectivity index (χ0) is 19.7. The molecule has 0 spiro atoms. The molecule has 1 atom stereocenters. The predicted molar refractivity (Wildman–Crippen MR) is 93.6 cm³/mol. The number of nitro groups is 1. The summed E-state index contributed by atoms with van der Waals surface area (Å²) < 4.78 is 5.04. The Morgan fingerprint density at radius 1 is 1.35 bits per heavy atom. The summed E-state index contributed by atoms with van der Waals surface area (Å²) in [7, 11) is 1.30. The van der Waals surface area contributed by atoms with Crippen LogP contribution in [0.1, 0.15) is 12.5 Å². The molecule has 142 valence electrons. The van der Waals surface area contributed by atoms with Gasteiger partial charge in [0.2, 0.25) is 5.91 Å². The van der Waals surface area contributed by atoms with Gasteiger partial charge < -0.3 is 15.2 Å². The number of aliphatic carboxylic acids is 1. The van der Waals surface area contributed by atoms with Gasteiger partial charge >= 0.3 is 12.1 Å². The fraction of sp³-hybridized carbons (Fsp3) is 0.400. The zero-order valence-corrected chi connectivity index (χ0v) is 15.0. The number of likely N-dealkylation sites (N-methyl/N-ethyl adjacent to an activating group) is 1. The molecule has 2 N–H and O–H groups in total. The molecule has 0 bridgehead atoms. The van der Waals surface area contributed by atoms with Gasteiger partial charge in [-0.1, -0.05) is 0 Å². The first kappa shape index (κ1) is 21.2. The van der Waals surface area contributed by atoms with Crippen LogP contribution in [0.3, 0.4) is 0 Å². The van der Waals surface area contributed by atoms with Crippen molar-refractivity contribution < 1.29 is 29.2 Å². The van der Waals surface area contributed by atoms with Crippen LogP contribution < -0.4 is 5.32 Å². The van der Waals surface area contributed by atoms with E-state index in [1.54, 1.807) is 0 Å². The number of carbonyl (C=O) groups is 3. The van der Waals surface area contributed by atoms with Crippen LogP contribution >= 0.6 is 11.8 Å². The van der Waals surface area contributed by atoms with E-state index >= 15 is 0 Å². The number of hydrogen-bond donors (Lipinski definition) is 2. The number of rotatable bonds is 9. The van der Waals surface area contributed by atoms with Crippen molar-refractivity contribution >= 4 is 35.4 Å². The molecular weight excluding hydrogens is 366 g/mol. The lowest BCUT2D eigenvalue weighted by Crippen LogP contribution is -2.44. The van der Waals surface area contributed by atoms with Crippen LogP contribution in [-0.2, 0) is 20.9 Å². The van der Waals surface area contributed by atoms with Gasteiger partial charge in [0.15, 0.2) is 0 Å². The minimum Gasteiger partial charge on any atom is -0.480 e. The Morgan fingerprint density at radius 3 is 2.46 bits per heavy atom. The van der Waals surface area contributed by atoms with Gasteiger partial charge in [0.1, 0.15) is 12.6 Å². The monoisotopic (exact) mass is 385 g/mol. The molecule has 0 unspecified atom stereocenters. The smallest absolute Gasteiger partial charge is 0.410 e. The molecule has 0 heterocycles. The van der Waals surface area contributed by atoms with Crippen molar-refractivity contribution in [2.45, 2.75) is 19.6 Å². The minimum atomic E-state index is -1.20. The average molecular weight is 385 g/mol. The number of hydrogen-bond acceptors (Lipinski definition) is 7. The van der Waals surface area contributed by atoms with E-state index in [0.29, 0.717) is 5.56 Å². The number of thioether (sulfide) groups is 1. The van der Waals surface area contributed by atoms with Crippen molar-refractivity contribution in [3.05, 3.63) is 39.9 Å². The molecule has 0 aromatic heterocycles. The molecule has 0 aliphatic carbocycles. The summed E-state index contributed by atoms with van der Waals surface area (Å²) >= 11 is 1.16. The van der Waals surface area contributed by atoms with Crippen molar-refractivity contribution in [1.82, 2.24) is 10.2 Å². The maximum atomic E-state index is 12.0. The molecule has 1 rings (SSSR count). The zero-order valence-electron chi connectivity index (χ0n) is 14.2. The molecule has 1 aromatic carbocycles.